The number of carbonyl (C=O) groups excluding carboxylic acids is 1. The summed E-state index contributed by atoms with van der Waals surface area (Å²) in [6.45, 7) is 3.01. The van der Waals surface area contributed by atoms with Crippen molar-refractivity contribution in [1.29, 1.82) is 0 Å². The summed E-state index contributed by atoms with van der Waals surface area (Å²) >= 11 is 0. The fraction of sp³-hybridized carbons (Fsp3) is 0.500. The minimum absolute atomic E-state index is 0.0453. The van der Waals surface area contributed by atoms with Crippen molar-refractivity contribution in [3.05, 3.63) is 30.1 Å². The fourth-order valence-corrected chi connectivity index (χ4v) is 1.84. The second kappa shape index (κ2) is 4.22. The average molecular weight is 220 g/mol. The van der Waals surface area contributed by atoms with Crippen LogP contribution in [0.4, 0.5) is 0 Å². The SMILES string of the molecule is CC1(O)CCN(C(=O)c2ccccn2)CC1. The van der Waals surface area contributed by atoms with Crippen molar-refractivity contribution in [2.45, 2.75) is 25.4 Å². The van der Waals surface area contributed by atoms with Gasteiger partial charge in [0, 0.05) is 19.3 Å². The molecule has 1 aromatic rings. The average Bonchev–Trinajstić information content (AvgIpc) is 2.29. The Balaban J connectivity index is 2.03. The second-order valence-corrected chi connectivity index (χ2v) is 4.50. The predicted molar refractivity (Wildman–Crippen MR) is 60.0 cm³/mol. The molecule has 4 heteroatoms. The third-order valence-corrected chi connectivity index (χ3v) is 3.01. The van der Waals surface area contributed by atoms with Gasteiger partial charge < -0.3 is 10.0 Å². The fourth-order valence-electron chi connectivity index (χ4n) is 1.84. The zero-order valence-electron chi connectivity index (χ0n) is 9.39. The quantitative estimate of drug-likeness (QED) is 0.770. The van der Waals surface area contributed by atoms with Crippen LogP contribution in [0.1, 0.15) is 30.3 Å². The second-order valence-electron chi connectivity index (χ2n) is 4.50. The van der Waals surface area contributed by atoms with E-state index >= 15 is 0 Å². The number of amides is 1. The van der Waals surface area contributed by atoms with E-state index in [1.807, 2.05) is 6.92 Å². The lowest BCUT2D eigenvalue weighted by Gasteiger charge is -2.35. The molecule has 4 nitrogen and oxygen atoms in total. The molecule has 0 aliphatic carbocycles. The lowest BCUT2D eigenvalue weighted by Crippen LogP contribution is -2.45. The van der Waals surface area contributed by atoms with Crippen molar-refractivity contribution in [1.82, 2.24) is 9.88 Å². The molecular formula is C12H16N2O2. The first-order chi connectivity index (χ1) is 7.58. The van der Waals surface area contributed by atoms with Crippen LogP contribution >= 0.6 is 0 Å². The first kappa shape index (κ1) is 11.1. The monoisotopic (exact) mass is 220 g/mol. The summed E-state index contributed by atoms with van der Waals surface area (Å²) in [6, 6.07) is 5.31. The minimum Gasteiger partial charge on any atom is -0.390 e. The molecule has 0 atom stereocenters. The van der Waals surface area contributed by atoms with Crippen LogP contribution in [0.15, 0.2) is 24.4 Å². The predicted octanol–water partition coefficient (Wildman–Crippen LogP) is 1.07. The van der Waals surface area contributed by atoms with Gasteiger partial charge >= 0.3 is 0 Å². The minimum atomic E-state index is -0.624. The van der Waals surface area contributed by atoms with E-state index in [2.05, 4.69) is 4.98 Å². The van der Waals surface area contributed by atoms with Crippen LogP contribution in [0.25, 0.3) is 0 Å². The van der Waals surface area contributed by atoms with E-state index < -0.39 is 5.60 Å². The Morgan fingerprint density at radius 1 is 1.44 bits per heavy atom. The molecule has 1 aliphatic heterocycles. The highest BCUT2D eigenvalue weighted by molar-refractivity contribution is 5.92. The van der Waals surface area contributed by atoms with E-state index in [0.717, 1.165) is 0 Å². The van der Waals surface area contributed by atoms with Crippen molar-refractivity contribution in [3.63, 3.8) is 0 Å². The summed E-state index contributed by atoms with van der Waals surface area (Å²) in [5.41, 5.74) is -0.148. The largest absolute Gasteiger partial charge is 0.390 e. The van der Waals surface area contributed by atoms with Gasteiger partial charge in [-0.3, -0.25) is 9.78 Å². The van der Waals surface area contributed by atoms with Crippen molar-refractivity contribution in [2.24, 2.45) is 0 Å². The number of aromatic nitrogens is 1. The molecule has 1 fully saturated rings. The molecule has 0 saturated carbocycles. The summed E-state index contributed by atoms with van der Waals surface area (Å²) in [5.74, 6) is -0.0453. The Morgan fingerprint density at radius 2 is 2.12 bits per heavy atom. The first-order valence-corrected chi connectivity index (χ1v) is 5.51. The lowest BCUT2D eigenvalue weighted by atomic mass is 9.94. The molecule has 2 heterocycles. The third kappa shape index (κ3) is 2.39. The van der Waals surface area contributed by atoms with E-state index in [4.69, 9.17) is 0 Å². The maximum atomic E-state index is 12.0. The Hall–Kier alpha value is -1.42. The molecule has 1 N–H and O–H groups in total. The van der Waals surface area contributed by atoms with Gasteiger partial charge in [0.25, 0.3) is 5.91 Å². The number of likely N-dealkylation sites (tertiary alicyclic amines) is 1. The molecule has 1 aliphatic rings. The van der Waals surface area contributed by atoms with Gasteiger partial charge in [-0.25, -0.2) is 0 Å². The van der Waals surface area contributed by atoms with Crippen LogP contribution in [0.3, 0.4) is 0 Å². The van der Waals surface area contributed by atoms with E-state index in [1.165, 1.54) is 0 Å². The van der Waals surface area contributed by atoms with Crippen LogP contribution < -0.4 is 0 Å². The normalized spacial score (nSPS) is 19.5. The standard InChI is InChI=1S/C12H16N2O2/c1-12(16)5-8-14(9-6-12)11(15)10-4-2-3-7-13-10/h2-4,7,16H,5-6,8-9H2,1H3. The van der Waals surface area contributed by atoms with E-state index in [1.54, 1.807) is 29.3 Å². The molecule has 0 unspecified atom stereocenters. The van der Waals surface area contributed by atoms with Crippen LogP contribution in [0, 0.1) is 0 Å². The lowest BCUT2D eigenvalue weighted by molar-refractivity contribution is -0.00219. The number of hydrogen-bond acceptors (Lipinski definition) is 3. The smallest absolute Gasteiger partial charge is 0.272 e. The highest BCUT2D eigenvalue weighted by Crippen LogP contribution is 2.21. The van der Waals surface area contributed by atoms with E-state index in [-0.39, 0.29) is 5.91 Å². The molecule has 16 heavy (non-hydrogen) atoms. The number of piperidine rings is 1. The van der Waals surface area contributed by atoms with Gasteiger partial charge in [-0.1, -0.05) is 6.07 Å². The van der Waals surface area contributed by atoms with Gasteiger partial charge in [0.05, 0.1) is 5.60 Å². The van der Waals surface area contributed by atoms with Crippen molar-refractivity contribution in [2.75, 3.05) is 13.1 Å². The van der Waals surface area contributed by atoms with E-state index in [9.17, 15) is 9.90 Å². The molecule has 2 rings (SSSR count). The number of hydrogen-bond donors (Lipinski definition) is 1. The van der Waals surface area contributed by atoms with Gasteiger partial charge in [-0.2, -0.15) is 0 Å². The van der Waals surface area contributed by atoms with Gasteiger partial charge in [-0.15, -0.1) is 0 Å². The summed E-state index contributed by atoms with van der Waals surface area (Å²) in [4.78, 5) is 17.8. The zero-order chi connectivity index (χ0) is 11.6. The molecule has 86 valence electrons. The zero-order valence-corrected chi connectivity index (χ0v) is 9.39. The molecule has 0 spiro atoms. The maximum Gasteiger partial charge on any atom is 0.272 e. The maximum absolute atomic E-state index is 12.0. The number of pyridine rings is 1. The Kier molecular flexibility index (Phi) is 2.92. The molecule has 0 aromatic carbocycles. The summed E-state index contributed by atoms with van der Waals surface area (Å²) in [5, 5.41) is 9.79. The highest BCUT2D eigenvalue weighted by Gasteiger charge is 2.30. The van der Waals surface area contributed by atoms with Gasteiger partial charge in [0.2, 0.25) is 0 Å². The van der Waals surface area contributed by atoms with Crippen molar-refractivity contribution >= 4 is 5.91 Å². The Bertz CT molecular complexity index is 366. The summed E-state index contributed by atoms with van der Waals surface area (Å²) < 4.78 is 0. The summed E-state index contributed by atoms with van der Waals surface area (Å²) in [7, 11) is 0. The molecule has 1 amide bonds. The van der Waals surface area contributed by atoms with Crippen LogP contribution in [0.2, 0.25) is 0 Å². The highest BCUT2D eigenvalue weighted by atomic mass is 16.3. The van der Waals surface area contributed by atoms with Gasteiger partial charge in [0.1, 0.15) is 5.69 Å². The molecule has 1 saturated heterocycles. The van der Waals surface area contributed by atoms with Crippen LogP contribution in [-0.4, -0.2) is 39.6 Å². The molecule has 0 radical (unpaired) electrons. The Morgan fingerprint density at radius 3 is 2.69 bits per heavy atom. The van der Waals surface area contributed by atoms with Crippen LogP contribution in [0.5, 0.6) is 0 Å². The number of rotatable bonds is 1. The summed E-state index contributed by atoms with van der Waals surface area (Å²) in [6.07, 6.45) is 2.88. The van der Waals surface area contributed by atoms with Crippen LogP contribution in [-0.2, 0) is 0 Å². The number of carbonyl (C=O) groups is 1. The Labute approximate surface area is 94.9 Å². The number of aliphatic hydroxyl groups is 1. The molecule has 0 bridgehead atoms. The molecule has 1 aromatic heterocycles. The van der Waals surface area contributed by atoms with Gasteiger partial charge in [-0.05, 0) is 31.9 Å². The third-order valence-electron chi connectivity index (χ3n) is 3.01. The van der Waals surface area contributed by atoms with Crippen molar-refractivity contribution in [3.8, 4) is 0 Å². The molecular weight excluding hydrogens is 204 g/mol. The topological polar surface area (TPSA) is 53.4 Å². The number of nitrogens with zero attached hydrogens (tertiary/aromatic N) is 2. The van der Waals surface area contributed by atoms with Gasteiger partial charge in [0.15, 0.2) is 0 Å². The first-order valence-electron chi connectivity index (χ1n) is 5.51. The van der Waals surface area contributed by atoms with E-state index in [0.29, 0.717) is 31.6 Å². The van der Waals surface area contributed by atoms with Crippen molar-refractivity contribution < 1.29 is 9.90 Å².